The number of hydrogen-bond donors (Lipinski definition) is 1. The lowest BCUT2D eigenvalue weighted by Crippen LogP contribution is -2.53. The second kappa shape index (κ2) is 6.04. The molecule has 0 radical (unpaired) electrons. The molecule has 0 bridgehead atoms. The zero-order chi connectivity index (χ0) is 13.0. The topological polar surface area (TPSA) is 39.1 Å². The van der Waals surface area contributed by atoms with Gasteiger partial charge in [0.25, 0.3) is 0 Å². The number of likely N-dealkylation sites (N-methyl/N-ethyl adjacent to an activating group) is 1. The van der Waals surface area contributed by atoms with Gasteiger partial charge in [-0.1, -0.05) is 13.3 Å². The van der Waals surface area contributed by atoms with E-state index in [4.69, 9.17) is 0 Å². The summed E-state index contributed by atoms with van der Waals surface area (Å²) in [6.45, 7) is 5.57. The van der Waals surface area contributed by atoms with Crippen LogP contribution in [0.15, 0.2) is 0 Å². The van der Waals surface area contributed by atoms with Crippen LogP contribution in [-0.4, -0.2) is 37.1 Å². The fourth-order valence-corrected chi connectivity index (χ4v) is 3.31. The van der Waals surface area contributed by atoms with E-state index in [1.54, 1.807) is 0 Å². The Balaban J connectivity index is 1.93. The highest BCUT2D eigenvalue weighted by molar-refractivity contribution is 5.16. The molecule has 0 aromatic carbocycles. The fourth-order valence-electron chi connectivity index (χ4n) is 3.31. The van der Waals surface area contributed by atoms with Gasteiger partial charge in [-0.15, -0.1) is 0 Å². The molecule has 2 aliphatic rings. The highest BCUT2D eigenvalue weighted by Gasteiger charge is 2.45. The highest BCUT2D eigenvalue weighted by atomic mass is 15.2. The van der Waals surface area contributed by atoms with Crippen molar-refractivity contribution in [2.75, 3.05) is 26.7 Å². The van der Waals surface area contributed by atoms with Crippen molar-refractivity contribution in [2.24, 2.45) is 11.8 Å². The first-order chi connectivity index (χ1) is 8.74. The Bertz CT molecular complexity index is 305. The number of rotatable bonds is 5. The van der Waals surface area contributed by atoms with Gasteiger partial charge in [-0.3, -0.25) is 0 Å². The number of nitrogens with zero attached hydrogens (tertiary/aromatic N) is 2. The summed E-state index contributed by atoms with van der Waals surface area (Å²) in [5.74, 6) is 1.49. The first-order valence-electron chi connectivity index (χ1n) is 7.56. The van der Waals surface area contributed by atoms with E-state index in [-0.39, 0.29) is 5.54 Å². The molecule has 1 aliphatic heterocycles. The third-order valence-electron chi connectivity index (χ3n) is 4.91. The van der Waals surface area contributed by atoms with Crippen LogP contribution in [0.25, 0.3) is 0 Å². The lowest BCUT2D eigenvalue weighted by Gasteiger charge is -2.32. The van der Waals surface area contributed by atoms with Crippen LogP contribution in [0, 0.1) is 23.2 Å². The normalized spacial score (nSPS) is 29.3. The molecule has 0 spiro atoms. The van der Waals surface area contributed by atoms with E-state index in [9.17, 15) is 5.26 Å². The Labute approximate surface area is 112 Å². The maximum atomic E-state index is 9.55. The Kier molecular flexibility index (Phi) is 4.64. The summed E-state index contributed by atoms with van der Waals surface area (Å²) < 4.78 is 0. The first-order valence-corrected chi connectivity index (χ1v) is 7.56. The third-order valence-corrected chi connectivity index (χ3v) is 4.91. The van der Waals surface area contributed by atoms with E-state index in [0.29, 0.717) is 5.92 Å². The molecule has 0 aromatic rings. The largest absolute Gasteiger partial charge is 0.301 e. The van der Waals surface area contributed by atoms with Crippen molar-refractivity contribution in [3.05, 3.63) is 0 Å². The smallest absolute Gasteiger partial charge is 0.122 e. The van der Waals surface area contributed by atoms with Crippen molar-refractivity contribution in [2.45, 2.75) is 51.0 Å². The minimum absolute atomic E-state index is 0.286. The average Bonchev–Trinajstić information content (AvgIpc) is 3.23. The minimum Gasteiger partial charge on any atom is -0.301 e. The maximum absolute atomic E-state index is 9.55. The molecule has 3 nitrogen and oxygen atoms in total. The molecule has 1 heterocycles. The van der Waals surface area contributed by atoms with E-state index in [1.807, 2.05) is 7.05 Å². The van der Waals surface area contributed by atoms with Gasteiger partial charge in [-0.05, 0) is 64.1 Å². The molecule has 1 saturated heterocycles. The Morgan fingerprint density at radius 3 is 2.61 bits per heavy atom. The van der Waals surface area contributed by atoms with E-state index < -0.39 is 0 Å². The summed E-state index contributed by atoms with van der Waals surface area (Å²) >= 11 is 0. The van der Waals surface area contributed by atoms with Crippen molar-refractivity contribution < 1.29 is 0 Å². The van der Waals surface area contributed by atoms with E-state index in [2.05, 4.69) is 23.2 Å². The van der Waals surface area contributed by atoms with Crippen LogP contribution in [0.5, 0.6) is 0 Å². The zero-order valence-electron chi connectivity index (χ0n) is 11.9. The van der Waals surface area contributed by atoms with Gasteiger partial charge in [-0.2, -0.15) is 5.26 Å². The average molecular weight is 249 g/mol. The Hall–Kier alpha value is -0.590. The molecule has 2 rings (SSSR count). The van der Waals surface area contributed by atoms with Gasteiger partial charge >= 0.3 is 0 Å². The number of likely N-dealkylation sites (tertiary alicyclic amines) is 1. The summed E-state index contributed by atoms with van der Waals surface area (Å²) in [4.78, 5) is 2.52. The molecule has 1 aliphatic carbocycles. The molecule has 0 amide bonds. The molecule has 102 valence electrons. The molecule has 2 fully saturated rings. The monoisotopic (exact) mass is 249 g/mol. The van der Waals surface area contributed by atoms with E-state index >= 15 is 0 Å². The van der Waals surface area contributed by atoms with Gasteiger partial charge in [0.15, 0.2) is 0 Å². The zero-order valence-corrected chi connectivity index (χ0v) is 11.9. The summed E-state index contributed by atoms with van der Waals surface area (Å²) in [6, 6.07) is 2.57. The SMILES string of the molecule is CCC1CCCN(CC(C#N)(NC)C2CC2)CC1. The molecule has 18 heavy (non-hydrogen) atoms. The van der Waals surface area contributed by atoms with Crippen LogP contribution in [0.3, 0.4) is 0 Å². The summed E-state index contributed by atoms with van der Waals surface area (Å²) in [7, 11) is 1.95. The molecule has 0 aromatic heterocycles. The molecular weight excluding hydrogens is 222 g/mol. The highest BCUT2D eigenvalue weighted by Crippen LogP contribution is 2.40. The second-order valence-electron chi connectivity index (χ2n) is 6.09. The van der Waals surface area contributed by atoms with E-state index in [0.717, 1.165) is 12.5 Å². The van der Waals surface area contributed by atoms with Crippen molar-refractivity contribution in [3.8, 4) is 6.07 Å². The molecule has 2 atom stereocenters. The van der Waals surface area contributed by atoms with Gasteiger partial charge in [0.1, 0.15) is 5.54 Å². The van der Waals surface area contributed by atoms with Crippen LogP contribution < -0.4 is 5.32 Å². The lowest BCUT2D eigenvalue weighted by molar-refractivity contribution is 0.206. The Morgan fingerprint density at radius 1 is 1.28 bits per heavy atom. The number of nitriles is 1. The van der Waals surface area contributed by atoms with Crippen LogP contribution in [-0.2, 0) is 0 Å². The molecular formula is C15H27N3. The first kappa shape index (κ1) is 13.8. The van der Waals surface area contributed by atoms with Crippen molar-refractivity contribution in [1.82, 2.24) is 10.2 Å². The predicted molar refractivity (Wildman–Crippen MR) is 74.2 cm³/mol. The van der Waals surface area contributed by atoms with Gasteiger partial charge in [0.2, 0.25) is 0 Å². The Morgan fingerprint density at radius 2 is 2.06 bits per heavy atom. The maximum Gasteiger partial charge on any atom is 0.122 e. The summed E-state index contributed by atoms with van der Waals surface area (Å²) in [6.07, 6.45) is 7.74. The van der Waals surface area contributed by atoms with Crippen LogP contribution in [0.1, 0.15) is 45.4 Å². The van der Waals surface area contributed by atoms with Gasteiger partial charge in [0, 0.05) is 6.54 Å². The van der Waals surface area contributed by atoms with Crippen LogP contribution in [0.2, 0.25) is 0 Å². The van der Waals surface area contributed by atoms with Gasteiger partial charge < -0.3 is 10.2 Å². The second-order valence-corrected chi connectivity index (χ2v) is 6.09. The van der Waals surface area contributed by atoms with Gasteiger partial charge in [-0.25, -0.2) is 0 Å². The summed E-state index contributed by atoms with van der Waals surface area (Å²) in [5.41, 5.74) is -0.286. The standard InChI is InChI=1S/C15H27N3/c1-3-13-5-4-9-18(10-8-13)12-15(11-16,17-2)14-6-7-14/h13-14,17H,3-10,12H2,1-2H3. The van der Waals surface area contributed by atoms with Crippen LogP contribution >= 0.6 is 0 Å². The van der Waals surface area contributed by atoms with Gasteiger partial charge in [0.05, 0.1) is 6.07 Å². The minimum atomic E-state index is -0.286. The van der Waals surface area contributed by atoms with Crippen molar-refractivity contribution in [3.63, 3.8) is 0 Å². The lowest BCUT2D eigenvalue weighted by atomic mass is 9.94. The molecule has 1 saturated carbocycles. The van der Waals surface area contributed by atoms with Crippen molar-refractivity contribution >= 4 is 0 Å². The fraction of sp³-hybridized carbons (Fsp3) is 0.933. The predicted octanol–water partition coefficient (Wildman–Crippen LogP) is 2.39. The van der Waals surface area contributed by atoms with E-state index in [1.165, 1.54) is 51.6 Å². The number of nitrogens with one attached hydrogen (secondary N) is 1. The van der Waals surface area contributed by atoms with Crippen LogP contribution in [0.4, 0.5) is 0 Å². The molecule has 1 N–H and O–H groups in total. The quantitative estimate of drug-likeness (QED) is 0.813. The molecule has 2 unspecified atom stereocenters. The number of hydrogen-bond acceptors (Lipinski definition) is 3. The van der Waals surface area contributed by atoms with Crippen molar-refractivity contribution in [1.29, 1.82) is 5.26 Å². The summed E-state index contributed by atoms with van der Waals surface area (Å²) in [5, 5.41) is 12.9. The molecule has 3 heteroatoms. The third kappa shape index (κ3) is 3.05.